The van der Waals surface area contributed by atoms with Crippen LogP contribution in [0, 0.1) is 0 Å². The van der Waals surface area contributed by atoms with Crippen LogP contribution in [-0.2, 0) is 9.53 Å². The van der Waals surface area contributed by atoms with Crippen LogP contribution >= 0.6 is 11.6 Å². The number of ether oxygens (including phenoxy) is 1. The normalized spacial score (nSPS) is 11.5. The maximum atomic E-state index is 11.9. The molecule has 108 valence electrons. The number of halogens is 1. The zero-order valence-electron chi connectivity index (χ0n) is 11.2. The van der Waals surface area contributed by atoms with Crippen molar-refractivity contribution in [2.45, 2.75) is 13.0 Å². The van der Waals surface area contributed by atoms with Gasteiger partial charge in [-0.15, -0.1) is 0 Å². The lowest BCUT2D eigenvalue weighted by Crippen LogP contribution is -2.29. The van der Waals surface area contributed by atoms with Crippen LogP contribution in [0.25, 0.3) is 0 Å². The first-order valence-corrected chi connectivity index (χ1v) is 6.61. The number of benzene rings is 1. The Morgan fingerprint density at radius 3 is 2.38 bits per heavy atom. The number of nitrogens with zero attached hydrogens (tertiary/aromatic N) is 1. The first-order chi connectivity index (χ1) is 10.1. The van der Waals surface area contributed by atoms with Gasteiger partial charge in [0.2, 0.25) is 0 Å². The SMILES string of the molecule is C[C@@H](OC(=O)c1ccncc1)C(=O)Nc1ccc(Cl)cc1. The summed E-state index contributed by atoms with van der Waals surface area (Å²) in [4.78, 5) is 27.5. The van der Waals surface area contributed by atoms with Crippen molar-refractivity contribution < 1.29 is 14.3 Å². The van der Waals surface area contributed by atoms with Gasteiger partial charge in [0.15, 0.2) is 6.10 Å². The lowest BCUT2D eigenvalue weighted by atomic mass is 10.2. The largest absolute Gasteiger partial charge is 0.449 e. The van der Waals surface area contributed by atoms with Gasteiger partial charge < -0.3 is 10.1 Å². The standard InChI is InChI=1S/C15H13ClN2O3/c1-10(21-15(20)11-6-8-17-9-7-11)14(19)18-13-4-2-12(16)3-5-13/h2-10H,1H3,(H,18,19)/t10-/m1/s1. The Balaban J connectivity index is 1.93. The molecule has 2 rings (SSSR count). The van der Waals surface area contributed by atoms with E-state index in [2.05, 4.69) is 10.3 Å². The summed E-state index contributed by atoms with van der Waals surface area (Å²) in [6.07, 6.45) is 2.05. The highest BCUT2D eigenvalue weighted by Crippen LogP contribution is 2.14. The van der Waals surface area contributed by atoms with Crippen LogP contribution in [0.15, 0.2) is 48.8 Å². The van der Waals surface area contributed by atoms with Gasteiger partial charge in [0, 0.05) is 23.1 Å². The van der Waals surface area contributed by atoms with E-state index in [-0.39, 0.29) is 0 Å². The second-order valence-corrected chi connectivity index (χ2v) is 4.72. The zero-order chi connectivity index (χ0) is 15.2. The maximum Gasteiger partial charge on any atom is 0.339 e. The predicted octanol–water partition coefficient (Wildman–Crippen LogP) is 2.92. The molecule has 6 heteroatoms. The number of carbonyl (C=O) groups is 2. The molecular formula is C15H13ClN2O3. The third kappa shape index (κ3) is 4.29. The summed E-state index contributed by atoms with van der Waals surface area (Å²) in [5, 5.41) is 3.21. The van der Waals surface area contributed by atoms with Gasteiger partial charge in [0.1, 0.15) is 0 Å². The Morgan fingerprint density at radius 1 is 1.14 bits per heavy atom. The lowest BCUT2D eigenvalue weighted by Gasteiger charge is -2.13. The van der Waals surface area contributed by atoms with Crippen molar-refractivity contribution in [2.75, 3.05) is 5.32 Å². The monoisotopic (exact) mass is 304 g/mol. The van der Waals surface area contributed by atoms with Gasteiger partial charge >= 0.3 is 5.97 Å². The Kier molecular flexibility index (Phi) is 4.90. The second-order valence-electron chi connectivity index (χ2n) is 4.28. The number of aromatic nitrogens is 1. The van der Waals surface area contributed by atoms with Crippen LogP contribution in [0.5, 0.6) is 0 Å². The van der Waals surface area contributed by atoms with Crippen LogP contribution < -0.4 is 5.32 Å². The number of rotatable bonds is 4. The molecule has 1 N–H and O–H groups in total. The highest BCUT2D eigenvalue weighted by molar-refractivity contribution is 6.30. The minimum atomic E-state index is -0.915. The van der Waals surface area contributed by atoms with Crippen LogP contribution in [-0.4, -0.2) is 23.0 Å². The van der Waals surface area contributed by atoms with Crippen molar-refractivity contribution in [1.82, 2.24) is 4.98 Å². The van der Waals surface area contributed by atoms with Crippen LogP contribution in [0.4, 0.5) is 5.69 Å². The minimum Gasteiger partial charge on any atom is -0.449 e. The summed E-state index contributed by atoms with van der Waals surface area (Å²) in [5.41, 5.74) is 0.923. The van der Waals surface area contributed by atoms with Gasteiger partial charge in [0.05, 0.1) is 5.56 Å². The Hall–Kier alpha value is -2.40. The quantitative estimate of drug-likeness (QED) is 0.882. The maximum absolute atomic E-state index is 11.9. The average Bonchev–Trinajstić information content (AvgIpc) is 2.50. The molecule has 1 atom stereocenters. The highest BCUT2D eigenvalue weighted by Gasteiger charge is 2.18. The molecule has 1 aromatic heterocycles. The Labute approximate surface area is 126 Å². The summed E-state index contributed by atoms with van der Waals surface area (Å²) in [7, 11) is 0. The van der Waals surface area contributed by atoms with Crippen molar-refractivity contribution in [3.05, 3.63) is 59.4 Å². The molecule has 0 aliphatic carbocycles. The molecule has 2 aromatic rings. The van der Waals surface area contributed by atoms with Crippen molar-refractivity contribution in [3.63, 3.8) is 0 Å². The number of hydrogen-bond donors (Lipinski definition) is 1. The highest BCUT2D eigenvalue weighted by atomic mass is 35.5. The fourth-order valence-corrected chi connectivity index (χ4v) is 1.67. The number of pyridine rings is 1. The van der Waals surface area contributed by atoms with Crippen LogP contribution in [0.3, 0.4) is 0 Å². The smallest absolute Gasteiger partial charge is 0.339 e. The lowest BCUT2D eigenvalue weighted by molar-refractivity contribution is -0.123. The summed E-state index contributed by atoms with van der Waals surface area (Å²) in [6, 6.07) is 9.68. The molecule has 0 spiro atoms. The zero-order valence-corrected chi connectivity index (χ0v) is 12.0. The summed E-state index contributed by atoms with van der Waals surface area (Å²) >= 11 is 5.76. The Morgan fingerprint density at radius 2 is 1.76 bits per heavy atom. The number of nitrogens with one attached hydrogen (secondary N) is 1. The van der Waals surface area contributed by atoms with E-state index in [0.717, 1.165) is 0 Å². The van der Waals surface area contributed by atoms with E-state index in [0.29, 0.717) is 16.3 Å². The molecule has 0 aliphatic rings. The molecule has 0 unspecified atom stereocenters. The number of hydrogen-bond acceptors (Lipinski definition) is 4. The first-order valence-electron chi connectivity index (χ1n) is 6.23. The molecule has 1 amide bonds. The van der Waals surface area contributed by atoms with Gasteiger partial charge in [-0.05, 0) is 43.3 Å². The molecule has 0 bridgehead atoms. The molecule has 1 aromatic carbocycles. The van der Waals surface area contributed by atoms with Crippen molar-refractivity contribution >= 4 is 29.2 Å². The van der Waals surface area contributed by atoms with Gasteiger partial charge in [-0.3, -0.25) is 9.78 Å². The van der Waals surface area contributed by atoms with E-state index in [4.69, 9.17) is 16.3 Å². The average molecular weight is 305 g/mol. The van der Waals surface area contributed by atoms with E-state index < -0.39 is 18.0 Å². The molecule has 0 saturated heterocycles. The van der Waals surface area contributed by atoms with Gasteiger partial charge in [-0.2, -0.15) is 0 Å². The Bertz CT molecular complexity index is 629. The molecule has 21 heavy (non-hydrogen) atoms. The molecular weight excluding hydrogens is 292 g/mol. The van der Waals surface area contributed by atoms with Gasteiger partial charge in [-0.1, -0.05) is 11.6 Å². The van der Waals surface area contributed by atoms with Crippen LogP contribution in [0.2, 0.25) is 5.02 Å². The van der Waals surface area contributed by atoms with Crippen molar-refractivity contribution in [2.24, 2.45) is 0 Å². The number of anilines is 1. The minimum absolute atomic E-state index is 0.344. The second kappa shape index (κ2) is 6.85. The molecule has 1 heterocycles. The first kappa shape index (κ1) is 15.0. The predicted molar refractivity (Wildman–Crippen MR) is 79.2 cm³/mol. The molecule has 5 nitrogen and oxygen atoms in total. The summed E-state index contributed by atoms with van der Waals surface area (Å²) in [6.45, 7) is 1.50. The number of carbonyl (C=O) groups excluding carboxylic acids is 2. The number of amides is 1. The van der Waals surface area contributed by atoms with Gasteiger partial charge in [0.25, 0.3) is 5.91 Å². The van der Waals surface area contributed by atoms with Crippen LogP contribution in [0.1, 0.15) is 17.3 Å². The van der Waals surface area contributed by atoms with Crippen molar-refractivity contribution in [3.8, 4) is 0 Å². The van der Waals surface area contributed by atoms with Gasteiger partial charge in [-0.25, -0.2) is 4.79 Å². The third-order valence-electron chi connectivity index (χ3n) is 2.68. The molecule has 0 fully saturated rings. The summed E-state index contributed by atoms with van der Waals surface area (Å²) < 4.78 is 5.09. The fourth-order valence-electron chi connectivity index (χ4n) is 1.55. The summed E-state index contributed by atoms with van der Waals surface area (Å²) in [5.74, 6) is -0.990. The molecule has 0 aliphatic heterocycles. The fraction of sp³-hybridized carbons (Fsp3) is 0.133. The van der Waals surface area contributed by atoms with E-state index in [1.54, 1.807) is 24.3 Å². The third-order valence-corrected chi connectivity index (χ3v) is 2.93. The van der Waals surface area contributed by atoms with E-state index in [1.165, 1.54) is 31.5 Å². The topological polar surface area (TPSA) is 68.3 Å². The van der Waals surface area contributed by atoms with E-state index in [9.17, 15) is 9.59 Å². The van der Waals surface area contributed by atoms with Crippen molar-refractivity contribution in [1.29, 1.82) is 0 Å². The van der Waals surface area contributed by atoms with E-state index >= 15 is 0 Å². The molecule has 0 saturated carbocycles. The number of esters is 1. The van der Waals surface area contributed by atoms with E-state index in [1.807, 2.05) is 0 Å². The molecule has 0 radical (unpaired) electrons.